The molecule has 3 fully saturated rings. The molecule has 8 heteroatoms. The Bertz CT molecular complexity index is 742. The Balaban J connectivity index is 1.46. The van der Waals surface area contributed by atoms with E-state index in [0.29, 0.717) is 45.1 Å². The van der Waals surface area contributed by atoms with E-state index in [9.17, 15) is 9.59 Å². The van der Waals surface area contributed by atoms with Crippen LogP contribution in [-0.2, 0) is 14.3 Å². The predicted molar refractivity (Wildman–Crippen MR) is 105 cm³/mol. The second-order valence-electron chi connectivity index (χ2n) is 8.43. The quantitative estimate of drug-likeness (QED) is 0.753. The Hall–Kier alpha value is -1.51. The first-order valence-corrected chi connectivity index (χ1v) is 11.1. The first kappa shape index (κ1) is 19.8. The predicted octanol–water partition coefficient (Wildman–Crippen LogP) is 2.45. The summed E-state index contributed by atoms with van der Waals surface area (Å²) < 4.78 is 12.0. The first-order valence-electron chi connectivity index (χ1n) is 10.2. The molecule has 1 aromatic rings. The SMILES string of the molecule is Cc1nc(C(=O)N2CCOC3(C2)CN(C(=O)C2(C)CCCCC2)CCO3)cs1. The van der Waals surface area contributed by atoms with Gasteiger partial charge in [-0.2, -0.15) is 0 Å². The maximum atomic E-state index is 13.3. The summed E-state index contributed by atoms with van der Waals surface area (Å²) >= 11 is 1.47. The van der Waals surface area contributed by atoms with E-state index in [2.05, 4.69) is 11.9 Å². The zero-order valence-electron chi connectivity index (χ0n) is 16.7. The van der Waals surface area contributed by atoms with Gasteiger partial charge in [0.25, 0.3) is 5.91 Å². The topological polar surface area (TPSA) is 72.0 Å². The number of carbonyl (C=O) groups excluding carboxylic acids is 2. The van der Waals surface area contributed by atoms with Gasteiger partial charge in [-0.05, 0) is 19.8 Å². The number of amides is 2. The molecule has 1 aliphatic carbocycles. The molecule has 0 aromatic carbocycles. The van der Waals surface area contributed by atoms with E-state index in [1.807, 2.05) is 11.8 Å². The summed E-state index contributed by atoms with van der Waals surface area (Å²) in [5.74, 6) is -0.826. The van der Waals surface area contributed by atoms with E-state index < -0.39 is 5.79 Å². The lowest BCUT2D eigenvalue weighted by Crippen LogP contribution is -2.64. The summed E-state index contributed by atoms with van der Waals surface area (Å²) in [6, 6.07) is 0. The molecule has 2 aliphatic heterocycles. The molecule has 3 aliphatic rings. The molecule has 154 valence electrons. The van der Waals surface area contributed by atoms with E-state index in [1.54, 1.807) is 10.3 Å². The van der Waals surface area contributed by atoms with Crippen molar-refractivity contribution in [2.45, 2.75) is 51.7 Å². The van der Waals surface area contributed by atoms with Gasteiger partial charge in [0.05, 0.1) is 31.3 Å². The highest BCUT2D eigenvalue weighted by atomic mass is 32.1. The van der Waals surface area contributed by atoms with Crippen molar-refractivity contribution in [3.63, 3.8) is 0 Å². The van der Waals surface area contributed by atoms with Crippen LogP contribution < -0.4 is 0 Å². The summed E-state index contributed by atoms with van der Waals surface area (Å²) in [7, 11) is 0. The molecule has 1 spiro atoms. The van der Waals surface area contributed by atoms with Gasteiger partial charge < -0.3 is 19.3 Å². The van der Waals surface area contributed by atoms with Crippen LogP contribution in [0.25, 0.3) is 0 Å². The van der Waals surface area contributed by atoms with Crippen molar-refractivity contribution in [3.05, 3.63) is 16.1 Å². The average Bonchev–Trinajstić information content (AvgIpc) is 3.14. The van der Waals surface area contributed by atoms with Gasteiger partial charge in [0, 0.05) is 23.9 Å². The van der Waals surface area contributed by atoms with E-state index in [1.165, 1.54) is 17.8 Å². The number of morpholine rings is 2. The number of aryl methyl sites for hydroxylation is 1. The minimum atomic E-state index is -0.933. The smallest absolute Gasteiger partial charge is 0.273 e. The maximum absolute atomic E-state index is 13.3. The minimum absolute atomic E-state index is 0.0988. The highest BCUT2D eigenvalue weighted by Crippen LogP contribution is 2.38. The largest absolute Gasteiger partial charge is 0.345 e. The van der Waals surface area contributed by atoms with Gasteiger partial charge in [-0.1, -0.05) is 26.2 Å². The lowest BCUT2D eigenvalue weighted by molar-refractivity contribution is -0.285. The molecule has 7 nitrogen and oxygen atoms in total. The fraction of sp³-hybridized carbons (Fsp3) is 0.750. The molecule has 1 aromatic heterocycles. The van der Waals surface area contributed by atoms with Crippen LogP contribution in [0.3, 0.4) is 0 Å². The summed E-state index contributed by atoms with van der Waals surface area (Å²) in [5.41, 5.74) is 0.192. The number of ether oxygens (including phenoxy) is 2. The normalized spacial score (nSPS) is 27.8. The fourth-order valence-corrected chi connectivity index (χ4v) is 5.18. The van der Waals surface area contributed by atoms with Crippen LogP contribution in [0.15, 0.2) is 5.38 Å². The fourth-order valence-electron chi connectivity index (χ4n) is 4.60. The van der Waals surface area contributed by atoms with Crippen LogP contribution in [0.2, 0.25) is 0 Å². The number of thiazole rings is 1. The Kier molecular flexibility index (Phi) is 5.46. The van der Waals surface area contributed by atoms with Gasteiger partial charge in [-0.15, -0.1) is 11.3 Å². The third-order valence-electron chi connectivity index (χ3n) is 6.20. The van der Waals surface area contributed by atoms with Gasteiger partial charge in [0.1, 0.15) is 5.69 Å². The number of hydrogen-bond acceptors (Lipinski definition) is 6. The molecule has 2 saturated heterocycles. The van der Waals surface area contributed by atoms with Gasteiger partial charge in [0.2, 0.25) is 11.7 Å². The lowest BCUT2D eigenvalue weighted by atomic mass is 9.74. The number of aromatic nitrogens is 1. The van der Waals surface area contributed by atoms with Gasteiger partial charge in [-0.25, -0.2) is 4.98 Å². The van der Waals surface area contributed by atoms with Gasteiger partial charge in [0.15, 0.2) is 0 Å². The third kappa shape index (κ3) is 3.82. The van der Waals surface area contributed by atoms with E-state index in [-0.39, 0.29) is 17.2 Å². The van der Waals surface area contributed by atoms with Crippen molar-refractivity contribution in [1.29, 1.82) is 0 Å². The molecule has 1 unspecified atom stereocenters. The Morgan fingerprint density at radius 2 is 1.71 bits per heavy atom. The molecule has 1 saturated carbocycles. The molecule has 0 bridgehead atoms. The summed E-state index contributed by atoms with van der Waals surface area (Å²) in [6.07, 6.45) is 5.34. The zero-order valence-corrected chi connectivity index (χ0v) is 17.6. The summed E-state index contributed by atoms with van der Waals surface area (Å²) in [4.78, 5) is 34.1. The van der Waals surface area contributed by atoms with Crippen LogP contribution in [0.4, 0.5) is 0 Å². The van der Waals surface area contributed by atoms with Crippen molar-refractivity contribution in [2.75, 3.05) is 39.4 Å². The monoisotopic (exact) mass is 407 g/mol. The molecular weight excluding hydrogens is 378 g/mol. The highest BCUT2D eigenvalue weighted by molar-refractivity contribution is 7.09. The van der Waals surface area contributed by atoms with Gasteiger partial charge >= 0.3 is 0 Å². The average molecular weight is 408 g/mol. The molecule has 0 N–H and O–H groups in total. The number of hydrogen-bond donors (Lipinski definition) is 0. The maximum Gasteiger partial charge on any atom is 0.273 e. The van der Waals surface area contributed by atoms with E-state index in [4.69, 9.17) is 9.47 Å². The molecule has 0 radical (unpaired) electrons. The summed E-state index contributed by atoms with van der Waals surface area (Å²) in [6.45, 7) is 6.60. The lowest BCUT2D eigenvalue weighted by Gasteiger charge is -2.49. The van der Waals surface area contributed by atoms with Crippen molar-refractivity contribution in [3.8, 4) is 0 Å². The van der Waals surface area contributed by atoms with Crippen LogP contribution in [0, 0.1) is 12.3 Å². The Labute approximate surface area is 170 Å². The van der Waals surface area contributed by atoms with Crippen molar-refractivity contribution < 1.29 is 19.1 Å². The first-order chi connectivity index (χ1) is 13.4. The zero-order chi connectivity index (χ0) is 19.8. The molecule has 4 rings (SSSR count). The standard InChI is InChI=1S/C20H29N3O4S/c1-15-21-16(12-28-15)17(24)22-8-10-26-20(13-22)14-23(9-11-27-20)18(25)19(2)6-4-3-5-7-19/h12H,3-11,13-14H2,1-2H3. The van der Waals surface area contributed by atoms with E-state index in [0.717, 1.165) is 30.7 Å². The Morgan fingerprint density at radius 3 is 2.36 bits per heavy atom. The number of rotatable bonds is 2. The number of nitrogens with zero attached hydrogens (tertiary/aromatic N) is 3. The van der Waals surface area contributed by atoms with Crippen LogP contribution >= 0.6 is 11.3 Å². The third-order valence-corrected chi connectivity index (χ3v) is 6.98. The van der Waals surface area contributed by atoms with Crippen molar-refractivity contribution >= 4 is 23.2 Å². The van der Waals surface area contributed by atoms with E-state index >= 15 is 0 Å². The van der Waals surface area contributed by atoms with Crippen LogP contribution in [0.5, 0.6) is 0 Å². The second kappa shape index (κ2) is 7.72. The van der Waals surface area contributed by atoms with Crippen LogP contribution in [-0.4, -0.2) is 71.8 Å². The van der Waals surface area contributed by atoms with Crippen molar-refractivity contribution in [1.82, 2.24) is 14.8 Å². The van der Waals surface area contributed by atoms with Crippen molar-refractivity contribution in [2.24, 2.45) is 5.41 Å². The molecule has 2 amide bonds. The van der Waals surface area contributed by atoms with Crippen LogP contribution in [0.1, 0.15) is 54.5 Å². The number of carbonyl (C=O) groups is 2. The second-order valence-corrected chi connectivity index (χ2v) is 9.50. The molecule has 1 atom stereocenters. The minimum Gasteiger partial charge on any atom is -0.345 e. The summed E-state index contributed by atoms with van der Waals surface area (Å²) in [5, 5.41) is 2.67. The van der Waals surface area contributed by atoms with Gasteiger partial charge in [-0.3, -0.25) is 9.59 Å². The molecule has 3 heterocycles. The highest BCUT2D eigenvalue weighted by Gasteiger charge is 2.47. The Morgan fingerprint density at radius 1 is 1.07 bits per heavy atom. The molecular formula is C20H29N3O4S. The molecule has 28 heavy (non-hydrogen) atoms.